The third-order valence-corrected chi connectivity index (χ3v) is 1.91. The van der Waals surface area contributed by atoms with Crippen molar-refractivity contribution in [2.75, 3.05) is 0 Å². The summed E-state index contributed by atoms with van der Waals surface area (Å²) in [6, 6.07) is 3.98. The summed E-state index contributed by atoms with van der Waals surface area (Å²) in [7, 11) is 0. The average Bonchev–Trinajstić information content (AvgIpc) is 2.11. The van der Waals surface area contributed by atoms with Crippen LogP contribution in [0.5, 0.6) is 0 Å². The van der Waals surface area contributed by atoms with E-state index >= 15 is 0 Å². The van der Waals surface area contributed by atoms with Gasteiger partial charge in [0.25, 0.3) is 0 Å². The van der Waals surface area contributed by atoms with Crippen molar-refractivity contribution in [2.45, 2.75) is 6.42 Å². The van der Waals surface area contributed by atoms with Crippen LogP contribution in [-0.2, 0) is 11.2 Å². The maximum Gasteiger partial charge on any atom is 0.141 e. The molecule has 0 spiro atoms. The number of halogens is 2. The number of carbonyl (C=O) groups is 1. The molecule has 1 aromatic rings. The molecule has 0 unspecified atom stereocenters. The molecule has 0 aliphatic rings. The minimum atomic E-state index is -0.649. The lowest BCUT2D eigenvalue weighted by Gasteiger charge is -2.00. The number of nitriles is 1. The second-order valence-electron chi connectivity index (χ2n) is 2.41. The van der Waals surface area contributed by atoms with Gasteiger partial charge in [0.2, 0.25) is 0 Å². The molecular formula is C9H5ClFNO. The molecule has 0 bridgehead atoms. The number of rotatable bonds is 2. The minimum absolute atomic E-state index is 0.0570. The van der Waals surface area contributed by atoms with Crippen molar-refractivity contribution >= 4 is 17.9 Å². The summed E-state index contributed by atoms with van der Waals surface area (Å²) in [6.07, 6.45) is 0.689. The molecule has 0 radical (unpaired) electrons. The maximum absolute atomic E-state index is 13.0. The summed E-state index contributed by atoms with van der Waals surface area (Å²) in [4.78, 5) is 10.1. The first-order valence-electron chi connectivity index (χ1n) is 3.50. The van der Waals surface area contributed by atoms with E-state index in [0.29, 0.717) is 11.8 Å². The van der Waals surface area contributed by atoms with Gasteiger partial charge in [-0.25, -0.2) is 4.39 Å². The van der Waals surface area contributed by atoms with E-state index in [-0.39, 0.29) is 17.0 Å². The third kappa shape index (κ3) is 2.04. The highest BCUT2D eigenvalue weighted by Gasteiger charge is 2.07. The van der Waals surface area contributed by atoms with Crippen molar-refractivity contribution in [3.8, 4) is 6.07 Å². The van der Waals surface area contributed by atoms with Gasteiger partial charge in [-0.2, -0.15) is 5.26 Å². The zero-order valence-electron chi connectivity index (χ0n) is 6.55. The van der Waals surface area contributed by atoms with E-state index in [4.69, 9.17) is 16.9 Å². The smallest absolute Gasteiger partial charge is 0.141 e. The number of aldehydes is 1. The van der Waals surface area contributed by atoms with Crippen molar-refractivity contribution in [1.29, 1.82) is 5.26 Å². The van der Waals surface area contributed by atoms with Crippen molar-refractivity contribution < 1.29 is 9.18 Å². The van der Waals surface area contributed by atoms with E-state index in [2.05, 4.69) is 0 Å². The molecule has 13 heavy (non-hydrogen) atoms. The van der Waals surface area contributed by atoms with Gasteiger partial charge in [0, 0.05) is 11.4 Å². The fourth-order valence-corrected chi connectivity index (χ4v) is 1.16. The van der Waals surface area contributed by atoms with Crippen LogP contribution in [0, 0.1) is 17.1 Å². The quantitative estimate of drug-likeness (QED) is 0.682. The summed E-state index contributed by atoms with van der Waals surface area (Å²) >= 11 is 5.68. The van der Waals surface area contributed by atoms with Crippen LogP contribution < -0.4 is 0 Å². The predicted molar refractivity (Wildman–Crippen MR) is 45.9 cm³/mol. The molecule has 4 heteroatoms. The topological polar surface area (TPSA) is 40.9 Å². The third-order valence-electron chi connectivity index (χ3n) is 1.56. The fraction of sp³-hybridized carbons (Fsp3) is 0.111. The summed E-state index contributed by atoms with van der Waals surface area (Å²) < 4.78 is 13.0. The Labute approximate surface area is 79.5 Å². The van der Waals surface area contributed by atoms with Crippen LogP contribution in [0.15, 0.2) is 12.1 Å². The fourth-order valence-electron chi connectivity index (χ4n) is 0.920. The second-order valence-corrected chi connectivity index (χ2v) is 2.81. The standard InChI is InChI=1S/C9H5ClFNO/c10-8-3-7(5-12)9(11)4-6(8)1-2-13/h2-4H,1H2. The van der Waals surface area contributed by atoms with Gasteiger partial charge >= 0.3 is 0 Å². The second kappa shape index (κ2) is 4.01. The number of nitrogens with zero attached hydrogens (tertiary/aromatic N) is 1. The molecule has 0 aromatic heterocycles. The Morgan fingerprint density at radius 3 is 2.85 bits per heavy atom. The molecule has 0 saturated heterocycles. The number of carbonyl (C=O) groups excluding carboxylic acids is 1. The lowest BCUT2D eigenvalue weighted by Crippen LogP contribution is -1.92. The Balaban J connectivity index is 3.21. The van der Waals surface area contributed by atoms with Crippen LogP contribution >= 0.6 is 11.6 Å². The van der Waals surface area contributed by atoms with Gasteiger partial charge in [-0.05, 0) is 17.7 Å². The molecule has 0 N–H and O–H groups in total. The first-order valence-corrected chi connectivity index (χ1v) is 3.88. The molecule has 66 valence electrons. The van der Waals surface area contributed by atoms with E-state index in [1.807, 2.05) is 0 Å². The van der Waals surface area contributed by atoms with E-state index in [0.717, 1.165) is 6.07 Å². The Morgan fingerprint density at radius 2 is 2.31 bits per heavy atom. The Bertz CT molecular complexity index is 384. The Hall–Kier alpha value is -1.40. The van der Waals surface area contributed by atoms with Crippen molar-refractivity contribution in [3.05, 3.63) is 34.1 Å². The van der Waals surface area contributed by atoms with E-state index in [9.17, 15) is 9.18 Å². The normalized spacial score (nSPS) is 9.31. The monoisotopic (exact) mass is 197 g/mol. The molecule has 1 aromatic carbocycles. The molecule has 0 heterocycles. The van der Waals surface area contributed by atoms with Crippen LogP contribution in [0.3, 0.4) is 0 Å². The highest BCUT2D eigenvalue weighted by atomic mass is 35.5. The van der Waals surface area contributed by atoms with Gasteiger partial charge in [0.15, 0.2) is 0 Å². The van der Waals surface area contributed by atoms with Crippen LogP contribution in [0.25, 0.3) is 0 Å². The van der Waals surface area contributed by atoms with Crippen molar-refractivity contribution in [3.63, 3.8) is 0 Å². The maximum atomic E-state index is 13.0. The van der Waals surface area contributed by atoms with Crippen molar-refractivity contribution in [2.24, 2.45) is 0 Å². The SMILES string of the molecule is N#Cc1cc(Cl)c(CC=O)cc1F. The Kier molecular flexibility index (Phi) is 2.99. The summed E-state index contributed by atoms with van der Waals surface area (Å²) in [5.41, 5.74) is 0.285. The zero-order chi connectivity index (χ0) is 9.84. The highest BCUT2D eigenvalue weighted by molar-refractivity contribution is 6.31. The molecule has 0 amide bonds. The van der Waals surface area contributed by atoms with Gasteiger partial charge < -0.3 is 4.79 Å². The summed E-state index contributed by atoms with van der Waals surface area (Å²) in [6.45, 7) is 0. The van der Waals surface area contributed by atoms with E-state index < -0.39 is 5.82 Å². The first-order chi connectivity index (χ1) is 6.19. The summed E-state index contributed by atoms with van der Waals surface area (Å²) in [5.74, 6) is -0.649. The highest BCUT2D eigenvalue weighted by Crippen LogP contribution is 2.20. The molecule has 0 aliphatic carbocycles. The predicted octanol–water partition coefficient (Wildman–Crippen LogP) is 2.09. The minimum Gasteiger partial charge on any atom is -0.303 e. The molecule has 0 fully saturated rings. The van der Waals surface area contributed by atoms with Crippen LogP contribution in [0.1, 0.15) is 11.1 Å². The molecule has 1 rings (SSSR count). The van der Waals surface area contributed by atoms with Crippen LogP contribution in [-0.4, -0.2) is 6.29 Å². The number of hydrogen-bond acceptors (Lipinski definition) is 2. The van der Waals surface area contributed by atoms with E-state index in [1.54, 1.807) is 6.07 Å². The average molecular weight is 198 g/mol. The van der Waals surface area contributed by atoms with Crippen LogP contribution in [0.2, 0.25) is 5.02 Å². The molecular weight excluding hydrogens is 193 g/mol. The van der Waals surface area contributed by atoms with E-state index in [1.165, 1.54) is 6.07 Å². The first kappa shape index (κ1) is 9.69. The van der Waals surface area contributed by atoms with Crippen LogP contribution in [0.4, 0.5) is 4.39 Å². The number of hydrogen-bond donors (Lipinski definition) is 0. The molecule has 0 atom stereocenters. The number of benzene rings is 1. The molecule has 0 aliphatic heterocycles. The van der Waals surface area contributed by atoms with Crippen molar-refractivity contribution in [1.82, 2.24) is 0 Å². The van der Waals surface area contributed by atoms with Gasteiger partial charge in [-0.15, -0.1) is 0 Å². The summed E-state index contributed by atoms with van der Waals surface area (Å²) in [5, 5.41) is 8.69. The lowest BCUT2D eigenvalue weighted by atomic mass is 10.1. The Morgan fingerprint density at radius 1 is 1.62 bits per heavy atom. The largest absolute Gasteiger partial charge is 0.303 e. The molecule has 2 nitrogen and oxygen atoms in total. The zero-order valence-corrected chi connectivity index (χ0v) is 7.31. The van der Waals surface area contributed by atoms with Gasteiger partial charge in [0.05, 0.1) is 5.56 Å². The molecule has 0 saturated carbocycles. The van der Waals surface area contributed by atoms with Gasteiger partial charge in [-0.1, -0.05) is 11.6 Å². The van der Waals surface area contributed by atoms with Gasteiger partial charge in [-0.3, -0.25) is 0 Å². The van der Waals surface area contributed by atoms with Gasteiger partial charge in [0.1, 0.15) is 18.2 Å². The lowest BCUT2D eigenvalue weighted by molar-refractivity contribution is -0.107.